The number of hydrogen-bond donors (Lipinski definition) is 0. The van der Waals surface area contributed by atoms with Gasteiger partial charge in [0.05, 0.1) is 6.54 Å². The molecule has 0 saturated heterocycles. The summed E-state index contributed by atoms with van der Waals surface area (Å²) in [5.74, 6) is -0.429. The molecule has 0 aliphatic carbocycles. The van der Waals surface area contributed by atoms with E-state index in [0.29, 0.717) is 0 Å². The minimum absolute atomic E-state index is 0.0438. The molecule has 0 radical (unpaired) electrons. The highest BCUT2D eigenvalue weighted by atomic mass is 16.6. The van der Waals surface area contributed by atoms with Crippen LogP contribution >= 0.6 is 0 Å². The molecule has 0 aliphatic rings. The van der Waals surface area contributed by atoms with Crippen LogP contribution in [0.5, 0.6) is 0 Å². The van der Waals surface area contributed by atoms with Crippen molar-refractivity contribution >= 4 is 11.7 Å². The number of rotatable bonds is 5. The zero-order valence-electron chi connectivity index (χ0n) is 9.42. The Hall–Kier alpha value is -2.65. The Labute approximate surface area is 100 Å². The van der Waals surface area contributed by atoms with Crippen LogP contribution in [0.4, 0.5) is 5.95 Å². The Kier molecular flexibility index (Phi) is 3.08. The maximum absolute atomic E-state index is 10.9. The molecule has 0 N–H and O–H groups in total. The van der Waals surface area contributed by atoms with Crippen LogP contribution < -0.4 is 0 Å². The van der Waals surface area contributed by atoms with Gasteiger partial charge in [-0.1, -0.05) is 0 Å². The molecule has 10 nitrogen and oxygen atoms in total. The zero-order chi connectivity index (χ0) is 13.1. The number of Topliss-reactive ketones (excluding diaryl/α,β-unsaturated/α-hetero) is 1. The van der Waals surface area contributed by atoms with Crippen LogP contribution in [0.2, 0.25) is 0 Å². The maximum Gasteiger partial charge on any atom is 0.493 e. The standard InChI is InChI=1S/C8H9N7O3/c1-6(16)2-3-13-8(14-5-9-4-10-14)11-7(12-13)15(17)18/h4-5H,2-3H2,1H3. The molecule has 2 aromatic heterocycles. The molecular formula is C8H9N7O3. The van der Waals surface area contributed by atoms with Crippen LogP contribution in [0.25, 0.3) is 5.95 Å². The lowest BCUT2D eigenvalue weighted by molar-refractivity contribution is -0.394. The number of carbonyl (C=O) groups is 1. The Morgan fingerprint density at radius 2 is 2.33 bits per heavy atom. The third-order valence-corrected chi connectivity index (χ3v) is 2.10. The second-order valence-corrected chi connectivity index (χ2v) is 3.48. The fraction of sp³-hybridized carbons (Fsp3) is 0.375. The van der Waals surface area contributed by atoms with Gasteiger partial charge in [-0.25, -0.2) is 4.98 Å². The first-order valence-electron chi connectivity index (χ1n) is 5.01. The smallest absolute Gasteiger partial charge is 0.390 e. The average molecular weight is 251 g/mol. The van der Waals surface area contributed by atoms with E-state index in [1.54, 1.807) is 0 Å². The second kappa shape index (κ2) is 4.69. The molecule has 0 unspecified atom stereocenters. The molecule has 94 valence electrons. The van der Waals surface area contributed by atoms with Crippen molar-refractivity contribution < 1.29 is 9.72 Å². The number of aryl methyl sites for hydroxylation is 1. The summed E-state index contributed by atoms with van der Waals surface area (Å²) in [4.78, 5) is 28.3. The summed E-state index contributed by atoms with van der Waals surface area (Å²) >= 11 is 0. The fourth-order valence-electron chi connectivity index (χ4n) is 1.29. The third kappa shape index (κ3) is 2.36. The van der Waals surface area contributed by atoms with Crippen LogP contribution in [0.1, 0.15) is 13.3 Å². The summed E-state index contributed by atoms with van der Waals surface area (Å²) in [6, 6.07) is 0. The van der Waals surface area contributed by atoms with E-state index in [9.17, 15) is 14.9 Å². The number of aromatic nitrogens is 6. The van der Waals surface area contributed by atoms with Crippen molar-refractivity contribution in [2.75, 3.05) is 0 Å². The van der Waals surface area contributed by atoms with E-state index in [-0.39, 0.29) is 24.7 Å². The molecule has 18 heavy (non-hydrogen) atoms. The van der Waals surface area contributed by atoms with Crippen LogP contribution in [0, 0.1) is 10.1 Å². The van der Waals surface area contributed by atoms with Crippen molar-refractivity contribution in [1.82, 2.24) is 29.5 Å². The first-order chi connectivity index (χ1) is 8.58. The molecule has 10 heteroatoms. The summed E-state index contributed by atoms with van der Waals surface area (Å²) in [5, 5.41) is 18.2. The van der Waals surface area contributed by atoms with E-state index in [2.05, 4.69) is 20.2 Å². The van der Waals surface area contributed by atoms with Crippen LogP contribution in [-0.4, -0.2) is 40.2 Å². The Morgan fingerprint density at radius 3 is 2.89 bits per heavy atom. The average Bonchev–Trinajstić information content (AvgIpc) is 2.95. The number of carbonyl (C=O) groups excluding carboxylic acids is 1. The second-order valence-electron chi connectivity index (χ2n) is 3.48. The number of nitrogens with zero attached hydrogens (tertiary/aromatic N) is 7. The van der Waals surface area contributed by atoms with Crippen molar-refractivity contribution in [2.45, 2.75) is 19.9 Å². The topological polar surface area (TPSA) is 122 Å². The molecule has 0 aliphatic heterocycles. The van der Waals surface area contributed by atoms with Crippen molar-refractivity contribution in [3.63, 3.8) is 0 Å². The highest BCUT2D eigenvalue weighted by Gasteiger charge is 2.23. The van der Waals surface area contributed by atoms with Gasteiger partial charge in [-0.05, 0) is 16.8 Å². The molecule has 0 spiro atoms. The van der Waals surface area contributed by atoms with Gasteiger partial charge >= 0.3 is 11.9 Å². The highest BCUT2D eigenvalue weighted by molar-refractivity contribution is 5.75. The lowest BCUT2D eigenvalue weighted by Gasteiger charge is -1.97. The Balaban J connectivity index is 2.36. The first-order valence-corrected chi connectivity index (χ1v) is 5.01. The van der Waals surface area contributed by atoms with E-state index < -0.39 is 10.9 Å². The molecule has 0 saturated carbocycles. The van der Waals surface area contributed by atoms with Gasteiger partial charge in [0.2, 0.25) is 0 Å². The van der Waals surface area contributed by atoms with E-state index in [0.717, 1.165) is 0 Å². The molecule has 2 rings (SSSR count). The van der Waals surface area contributed by atoms with Gasteiger partial charge in [0.1, 0.15) is 18.4 Å². The predicted octanol–water partition coefficient (Wildman–Crippen LogP) is -0.254. The zero-order valence-corrected chi connectivity index (χ0v) is 9.42. The normalized spacial score (nSPS) is 10.5. The number of ketones is 1. The van der Waals surface area contributed by atoms with E-state index >= 15 is 0 Å². The maximum atomic E-state index is 10.9. The van der Waals surface area contributed by atoms with Gasteiger partial charge in [-0.2, -0.15) is 9.78 Å². The van der Waals surface area contributed by atoms with E-state index in [1.165, 1.54) is 28.9 Å². The first kappa shape index (κ1) is 11.8. The molecule has 0 atom stereocenters. The molecular weight excluding hydrogens is 242 g/mol. The minimum atomic E-state index is -0.704. The van der Waals surface area contributed by atoms with Crippen molar-refractivity contribution in [2.24, 2.45) is 0 Å². The van der Waals surface area contributed by atoms with Crippen LogP contribution in [0.3, 0.4) is 0 Å². The van der Waals surface area contributed by atoms with Gasteiger partial charge in [0, 0.05) is 11.5 Å². The SMILES string of the molecule is CC(=O)CCn1nc([N+](=O)[O-])nc1-n1cncn1. The van der Waals surface area contributed by atoms with Crippen molar-refractivity contribution in [3.8, 4) is 5.95 Å². The fourth-order valence-corrected chi connectivity index (χ4v) is 1.29. The van der Waals surface area contributed by atoms with Crippen molar-refractivity contribution in [1.29, 1.82) is 0 Å². The molecule has 2 aromatic rings. The summed E-state index contributed by atoms with van der Waals surface area (Å²) in [6.45, 7) is 1.63. The number of hydrogen-bond acceptors (Lipinski definition) is 7. The largest absolute Gasteiger partial charge is 0.493 e. The van der Waals surface area contributed by atoms with Crippen LogP contribution in [0.15, 0.2) is 12.7 Å². The summed E-state index contributed by atoms with van der Waals surface area (Å²) in [7, 11) is 0. The molecule has 2 heterocycles. The van der Waals surface area contributed by atoms with Crippen LogP contribution in [-0.2, 0) is 11.3 Å². The molecule has 0 fully saturated rings. The lowest BCUT2D eigenvalue weighted by Crippen LogP contribution is -2.11. The van der Waals surface area contributed by atoms with E-state index in [4.69, 9.17) is 0 Å². The van der Waals surface area contributed by atoms with Gasteiger partial charge < -0.3 is 10.1 Å². The molecule has 0 aromatic carbocycles. The summed E-state index contributed by atoms with van der Waals surface area (Å²) in [5.41, 5.74) is 0. The van der Waals surface area contributed by atoms with Gasteiger partial charge in [0.25, 0.3) is 0 Å². The summed E-state index contributed by atoms with van der Waals surface area (Å²) < 4.78 is 2.51. The lowest BCUT2D eigenvalue weighted by atomic mass is 10.3. The van der Waals surface area contributed by atoms with Crippen molar-refractivity contribution in [3.05, 3.63) is 22.8 Å². The van der Waals surface area contributed by atoms with Gasteiger partial charge in [-0.3, -0.25) is 4.79 Å². The minimum Gasteiger partial charge on any atom is -0.390 e. The van der Waals surface area contributed by atoms with Gasteiger partial charge in [-0.15, -0.1) is 4.68 Å². The molecule has 0 bridgehead atoms. The number of nitro groups is 1. The molecule has 0 amide bonds. The van der Waals surface area contributed by atoms with Gasteiger partial charge in [0.15, 0.2) is 0 Å². The highest BCUT2D eigenvalue weighted by Crippen LogP contribution is 2.10. The summed E-state index contributed by atoms with van der Waals surface area (Å²) in [6.07, 6.45) is 2.83. The monoisotopic (exact) mass is 251 g/mol. The Bertz CT molecular complexity index is 574. The predicted molar refractivity (Wildman–Crippen MR) is 56.9 cm³/mol. The van der Waals surface area contributed by atoms with E-state index in [1.807, 2.05) is 0 Å². The Morgan fingerprint density at radius 1 is 1.56 bits per heavy atom. The third-order valence-electron chi connectivity index (χ3n) is 2.10. The quantitative estimate of drug-likeness (QED) is 0.530.